The van der Waals surface area contributed by atoms with E-state index < -0.39 is 0 Å². The summed E-state index contributed by atoms with van der Waals surface area (Å²) in [5.74, 6) is 1.59. The number of benzene rings is 1. The minimum absolute atomic E-state index is 0.603. The van der Waals surface area contributed by atoms with Crippen LogP contribution in [0.2, 0.25) is 0 Å². The third-order valence-electron chi connectivity index (χ3n) is 3.22. The van der Waals surface area contributed by atoms with Crippen molar-refractivity contribution in [1.82, 2.24) is 5.32 Å². The molecule has 0 spiro atoms. The molecule has 0 aromatic heterocycles. The summed E-state index contributed by atoms with van der Waals surface area (Å²) in [5.41, 5.74) is 8.14. The van der Waals surface area contributed by atoms with Crippen LogP contribution >= 0.6 is 0 Å². The van der Waals surface area contributed by atoms with Gasteiger partial charge in [-0.15, -0.1) is 0 Å². The lowest BCUT2D eigenvalue weighted by Crippen LogP contribution is -2.22. The minimum atomic E-state index is 0.603. The largest absolute Gasteiger partial charge is 0.496 e. The van der Waals surface area contributed by atoms with Gasteiger partial charge in [-0.2, -0.15) is 0 Å². The van der Waals surface area contributed by atoms with Crippen LogP contribution in [0.5, 0.6) is 5.75 Å². The summed E-state index contributed by atoms with van der Waals surface area (Å²) in [6, 6.07) is 6.32. The summed E-state index contributed by atoms with van der Waals surface area (Å²) in [6.45, 7) is 7.08. The van der Waals surface area contributed by atoms with E-state index in [9.17, 15) is 0 Å². The Kier molecular flexibility index (Phi) is 6.76. The van der Waals surface area contributed by atoms with Crippen molar-refractivity contribution in [3.63, 3.8) is 0 Å². The first-order valence-electron chi connectivity index (χ1n) is 6.71. The highest BCUT2D eigenvalue weighted by Crippen LogP contribution is 2.19. The Labute approximate surface area is 111 Å². The Morgan fingerprint density at radius 3 is 2.78 bits per heavy atom. The summed E-state index contributed by atoms with van der Waals surface area (Å²) in [7, 11) is 1.73. The fourth-order valence-corrected chi connectivity index (χ4v) is 1.92. The third kappa shape index (κ3) is 5.07. The lowest BCUT2D eigenvalue weighted by Gasteiger charge is -2.11. The van der Waals surface area contributed by atoms with E-state index in [-0.39, 0.29) is 0 Å². The van der Waals surface area contributed by atoms with Gasteiger partial charge < -0.3 is 15.8 Å². The van der Waals surface area contributed by atoms with E-state index in [2.05, 4.69) is 31.3 Å². The fraction of sp³-hybridized carbons (Fsp3) is 0.600. The van der Waals surface area contributed by atoms with Gasteiger partial charge in [0.2, 0.25) is 0 Å². The van der Waals surface area contributed by atoms with Gasteiger partial charge in [0.15, 0.2) is 0 Å². The molecule has 0 heterocycles. The molecule has 0 saturated carbocycles. The lowest BCUT2D eigenvalue weighted by atomic mass is 10.1. The zero-order valence-corrected chi connectivity index (χ0v) is 11.8. The van der Waals surface area contributed by atoms with Gasteiger partial charge in [-0.05, 0) is 56.9 Å². The molecule has 0 radical (unpaired) electrons. The van der Waals surface area contributed by atoms with E-state index >= 15 is 0 Å². The maximum Gasteiger partial charge on any atom is 0.122 e. The van der Waals surface area contributed by atoms with Gasteiger partial charge in [0, 0.05) is 0 Å². The van der Waals surface area contributed by atoms with Crippen molar-refractivity contribution in [3.8, 4) is 5.75 Å². The highest BCUT2D eigenvalue weighted by atomic mass is 16.5. The van der Waals surface area contributed by atoms with Crippen LogP contribution in [0.3, 0.4) is 0 Å². The minimum Gasteiger partial charge on any atom is -0.496 e. The monoisotopic (exact) mass is 250 g/mol. The van der Waals surface area contributed by atoms with E-state index in [1.54, 1.807) is 7.11 Å². The maximum absolute atomic E-state index is 5.59. The quantitative estimate of drug-likeness (QED) is 0.695. The van der Waals surface area contributed by atoms with Gasteiger partial charge in [0.25, 0.3) is 0 Å². The third-order valence-corrected chi connectivity index (χ3v) is 3.22. The number of hydrogen-bond acceptors (Lipinski definition) is 3. The molecule has 3 heteroatoms. The maximum atomic E-state index is 5.59. The Hall–Kier alpha value is -1.06. The molecule has 18 heavy (non-hydrogen) atoms. The van der Waals surface area contributed by atoms with Crippen molar-refractivity contribution in [3.05, 3.63) is 29.3 Å². The highest BCUT2D eigenvalue weighted by Gasteiger charge is 2.03. The van der Waals surface area contributed by atoms with Crippen LogP contribution in [0.4, 0.5) is 0 Å². The first-order chi connectivity index (χ1) is 8.67. The average molecular weight is 250 g/mol. The molecule has 1 aromatic rings. The van der Waals surface area contributed by atoms with E-state index in [4.69, 9.17) is 10.5 Å². The van der Waals surface area contributed by atoms with Gasteiger partial charge in [0.1, 0.15) is 5.75 Å². The van der Waals surface area contributed by atoms with Crippen molar-refractivity contribution in [2.24, 2.45) is 11.7 Å². The van der Waals surface area contributed by atoms with Crippen molar-refractivity contribution in [2.75, 3.05) is 26.7 Å². The SMILES string of the molecule is COc1ccc(C)cc1CCNCCC(C)CN. The standard InChI is InChI=1S/C15H26N2O/c1-12-4-5-15(18-3)14(10-12)7-9-17-8-6-13(2)11-16/h4-5,10,13,17H,6-9,11,16H2,1-3H3. The van der Waals surface area contributed by atoms with Crippen LogP contribution in [0, 0.1) is 12.8 Å². The molecule has 0 bridgehead atoms. The Morgan fingerprint density at radius 1 is 1.33 bits per heavy atom. The van der Waals surface area contributed by atoms with Crippen LogP contribution in [0.15, 0.2) is 18.2 Å². The van der Waals surface area contributed by atoms with Gasteiger partial charge in [-0.3, -0.25) is 0 Å². The second-order valence-corrected chi connectivity index (χ2v) is 4.94. The first-order valence-corrected chi connectivity index (χ1v) is 6.71. The molecule has 0 fully saturated rings. The molecular formula is C15H26N2O. The molecule has 1 unspecified atom stereocenters. The van der Waals surface area contributed by atoms with E-state index in [0.717, 1.165) is 38.2 Å². The van der Waals surface area contributed by atoms with E-state index in [1.165, 1.54) is 11.1 Å². The predicted octanol–water partition coefficient (Wildman–Crippen LogP) is 2.12. The predicted molar refractivity (Wildman–Crippen MR) is 77.1 cm³/mol. The molecule has 1 atom stereocenters. The zero-order chi connectivity index (χ0) is 13.4. The zero-order valence-electron chi connectivity index (χ0n) is 11.8. The summed E-state index contributed by atoms with van der Waals surface area (Å²) in [4.78, 5) is 0. The van der Waals surface area contributed by atoms with Crippen molar-refractivity contribution in [1.29, 1.82) is 0 Å². The number of rotatable bonds is 8. The molecule has 3 nitrogen and oxygen atoms in total. The molecule has 102 valence electrons. The molecule has 0 aliphatic heterocycles. The summed E-state index contributed by atoms with van der Waals surface area (Å²) >= 11 is 0. The van der Waals surface area contributed by atoms with Gasteiger partial charge >= 0.3 is 0 Å². The molecule has 3 N–H and O–H groups in total. The van der Waals surface area contributed by atoms with Crippen LogP contribution in [-0.2, 0) is 6.42 Å². The van der Waals surface area contributed by atoms with Crippen LogP contribution in [-0.4, -0.2) is 26.7 Å². The number of nitrogens with two attached hydrogens (primary N) is 1. The molecule has 0 aliphatic rings. The number of hydrogen-bond donors (Lipinski definition) is 2. The number of methoxy groups -OCH3 is 1. The van der Waals surface area contributed by atoms with Crippen molar-refractivity contribution in [2.45, 2.75) is 26.7 Å². The van der Waals surface area contributed by atoms with Gasteiger partial charge in [-0.1, -0.05) is 24.6 Å². The molecule has 0 aliphatic carbocycles. The Bertz CT molecular complexity index is 352. The second-order valence-electron chi connectivity index (χ2n) is 4.94. The topological polar surface area (TPSA) is 47.3 Å². The number of ether oxygens (including phenoxy) is 1. The Morgan fingerprint density at radius 2 is 2.11 bits per heavy atom. The van der Waals surface area contributed by atoms with Crippen LogP contribution in [0.1, 0.15) is 24.5 Å². The second kappa shape index (κ2) is 8.11. The normalized spacial score (nSPS) is 12.4. The van der Waals surface area contributed by atoms with E-state index in [1.807, 2.05) is 6.07 Å². The molecule has 0 amide bonds. The summed E-state index contributed by atoms with van der Waals surface area (Å²) in [6.07, 6.45) is 2.14. The molecular weight excluding hydrogens is 224 g/mol. The summed E-state index contributed by atoms with van der Waals surface area (Å²) in [5, 5.41) is 3.46. The van der Waals surface area contributed by atoms with Crippen molar-refractivity contribution >= 4 is 0 Å². The molecule has 1 rings (SSSR count). The van der Waals surface area contributed by atoms with Gasteiger partial charge in [0.05, 0.1) is 7.11 Å². The average Bonchev–Trinajstić information content (AvgIpc) is 2.38. The van der Waals surface area contributed by atoms with Gasteiger partial charge in [-0.25, -0.2) is 0 Å². The van der Waals surface area contributed by atoms with Crippen LogP contribution in [0.25, 0.3) is 0 Å². The fourth-order valence-electron chi connectivity index (χ4n) is 1.92. The Balaban J connectivity index is 2.32. The number of aryl methyl sites for hydroxylation is 1. The molecule has 0 saturated heterocycles. The van der Waals surface area contributed by atoms with E-state index in [0.29, 0.717) is 5.92 Å². The van der Waals surface area contributed by atoms with Crippen LogP contribution < -0.4 is 15.8 Å². The highest BCUT2D eigenvalue weighted by molar-refractivity contribution is 5.37. The molecule has 1 aromatic carbocycles. The lowest BCUT2D eigenvalue weighted by molar-refractivity contribution is 0.408. The summed E-state index contributed by atoms with van der Waals surface area (Å²) < 4.78 is 5.37. The smallest absolute Gasteiger partial charge is 0.122 e. The first kappa shape index (κ1) is 15.0. The number of nitrogens with one attached hydrogen (secondary N) is 1. The van der Waals surface area contributed by atoms with Crippen molar-refractivity contribution < 1.29 is 4.74 Å².